The lowest BCUT2D eigenvalue weighted by molar-refractivity contribution is -0.136. The highest BCUT2D eigenvalue weighted by Crippen LogP contribution is 2.33. The summed E-state index contributed by atoms with van der Waals surface area (Å²) in [5, 5.41) is 5.69. The van der Waals surface area contributed by atoms with Crippen molar-refractivity contribution in [2.24, 2.45) is 0 Å². The first kappa shape index (κ1) is 22.1. The van der Waals surface area contributed by atoms with Crippen molar-refractivity contribution in [3.63, 3.8) is 0 Å². The summed E-state index contributed by atoms with van der Waals surface area (Å²) in [5.41, 5.74) is 1.93. The number of amides is 2. The minimum Gasteiger partial charge on any atom is -0.345 e. The average molecular weight is 446 g/mol. The normalized spacial score (nSPS) is 14.6. The van der Waals surface area contributed by atoms with Crippen LogP contribution in [-0.2, 0) is 16.1 Å². The van der Waals surface area contributed by atoms with Crippen molar-refractivity contribution >= 4 is 29.3 Å². The molecule has 0 bridgehead atoms. The Hall–Kier alpha value is -3.09. The van der Waals surface area contributed by atoms with Crippen LogP contribution in [0.4, 0.5) is 5.69 Å². The van der Waals surface area contributed by atoms with Crippen LogP contribution in [0.25, 0.3) is 0 Å². The van der Waals surface area contributed by atoms with Gasteiger partial charge in [-0.1, -0.05) is 72.4 Å². The molecule has 1 fully saturated rings. The predicted octanol–water partition coefficient (Wildman–Crippen LogP) is 4.56. The Balaban J connectivity index is 1.27. The number of nitrogens with zero attached hydrogens (tertiary/aromatic N) is 1. The van der Waals surface area contributed by atoms with Gasteiger partial charge in [0.2, 0.25) is 0 Å². The molecule has 3 aromatic rings. The number of hydrogen-bond donors (Lipinski definition) is 2. The molecule has 5 nitrogen and oxygen atoms in total. The van der Waals surface area contributed by atoms with E-state index in [-0.39, 0.29) is 6.04 Å². The smallest absolute Gasteiger partial charge is 0.313 e. The summed E-state index contributed by atoms with van der Waals surface area (Å²) in [4.78, 5) is 29.4. The molecular formula is C26H27N3O2S. The molecular weight excluding hydrogens is 418 g/mol. The van der Waals surface area contributed by atoms with Crippen LogP contribution < -0.4 is 10.6 Å². The van der Waals surface area contributed by atoms with Gasteiger partial charge >= 0.3 is 11.8 Å². The van der Waals surface area contributed by atoms with Gasteiger partial charge in [-0.2, -0.15) is 0 Å². The van der Waals surface area contributed by atoms with Gasteiger partial charge in [-0.15, -0.1) is 0 Å². The number of piperidine rings is 1. The number of nitrogens with one attached hydrogen (secondary N) is 2. The Morgan fingerprint density at radius 1 is 0.812 bits per heavy atom. The standard InChI is InChI=1S/C26H27N3O2S/c30-25(27-21-15-17-29(18-16-21)19-20-9-3-1-4-10-20)26(31)28-23-13-7-8-14-24(23)32-22-11-5-2-6-12-22/h1-14,21H,15-19H2,(H,27,30)(H,28,31). The first-order valence-electron chi connectivity index (χ1n) is 10.9. The molecule has 32 heavy (non-hydrogen) atoms. The maximum absolute atomic E-state index is 12.6. The SMILES string of the molecule is O=C(Nc1ccccc1Sc1ccccc1)C(=O)NC1CCN(Cc2ccccc2)CC1. The third-order valence-electron chi connectivity index (χ3n) is 5.48. The fraction of sp³-hybridized carbons (Fsp3) is 0.231. The number of likely N-dealkylation sites (tertiary alicyclic amines) is 1. The number of para-hydroxylation sites is 1. The molecule has 164 valence electrons. The Morgan fingerprint density at radius 3 is 2.16 bits per heavy atom. The molecule has 3 aromatic carbocycles. The zero-order chi connectivity index (χ0) is 22.2. The fourth-order valence-electron chi connectivity index (χ4n) is 3.78. The second-order valence-corrected chi connectivity index (χ2v) is 8.99. The van der Waals surface area contributed by atoms with Crippen LogP contribution in [0.1, 0.15) is 18.4 Å². The summed E-state index contributed by atoms with van der Waals surface area (Å²) in [7, 11) is 0. The number of carbonyl (C=O) groups is 2. The fourth-order valence-corrected chi connectivity index (χ4v) is 4.70. The van der Waals surface area contributed by atoms with Crippen molar-refractivity contribution < 1.29 is 9.59 Å². The van der Waals surface area contributed by atoms with Gasteiger partial charge in [0, 0.05) is 35.5 Å². The van der Waals surface area contributed by atoms with E-state index in [2.05, 4.69) is 39.8 Å². The maximum Gasteiger partial charge on any atom is 0.313 e. The van der Waals surface area contributed by atoms with E-state index < -0.39 is 11.8 Å². The molecule has 1 aliphatic rings. The summed E-state index contributed by atoms with van der Waals surface area (Å²) in [6, 6.07) is 27.9. The molecule has 0 aliphatic carbocycles. The van der Waals surface area contributed by atoms with Gasteiger partial charge in [0.05, 0.1) is 5.69 Å². The maximum atomic E-state index is 12.6. The molecule has 0 unspecified atom stereocenters. The summed E-state index contributed by atoms with van der Waals surface area (Å²) in [6.07, 6.45) is 1.68. The Bertz CT molecular complexity index is 1040. The van der Waals surface area contributed by atoms with Crippen LogP contribution >= 0.6 is 11.8 Å². The molecule has 2 amide bonds. The Labute approximate surface area is 193 Å². The van der Waals surface area contributed by atoms with E-state index in [0.29, 0.717) is 5.69 Å². The van der Waals surface area contributed by atoms with E-state index in [4.69, 9.17) is 0 Å². The molecule has 1 aliphatic heterocycles. The second kappa shape index (κ2) is 11.0. The molecule has 2 N–H and O–H groups in total. The van der Waals surface area contributed by atoms with Crippen molar-refractivity contribution in [2.45, 2.75) is 35.2 Å². The zero-order valence-electron chi connectivity index (χ0n) is 17.9. The molecule has 0 saturated carbocycles. The lowest BCUT2D eigenvalue weighted by Gasteiger charge is -2.32. The van der Waals surface area contributed by atoms with E-state index in [0.717, 1.165) is 42.3 Å². The Kier molecular flexibility index (Phi) is 7.59. The largest absolute Gasteiger partial charge is 0.345 e. The van der Waals surface area contributed by atoms with Gasteiger partial charge in [-0.25, -0.2) is 0 Å². The third kappa shape index (κ3) is 6.22. The van der Waals surface area contributed by atoms with Gasteiger partial charge in [0.15, 0.2) is 0 Å². The van der Waals surface area contributed by atoms with Gasteiger partial charge in [0.25, 0.3) is 0 Å². The number of rotatable bonds is 6. The van der Waals surface area contributed by atoms with Gasteiger partial charge in [-0.3, -0.25) is 14.5 Å². The first-order chi connectivity index (χ1) is 15.7. The quantitative estimate of drug-likeness (QED) is 0.546. The minimum absolute atomic E-state index is 0.0224. The van der Waals surface area contributed by atoms with Crippen LogP contribution in [0.15, 0.2) is 94.7 Å². The molecule has 0 aromatic heterocycles. The van der Waals surface area contributed by atoms with E-state index in [1.54, 1.807) is 11.8 Å². The van der Waals surface area contributed by atoms with Crippen LogP contribution in [-0.4, -0.2) is 35.8 Å². The van der Waals surface area contributed by atoms with E-state index >= 15 is 0 Å². The summed E-state index contributed by atoms with van der Waals surface area (Å²) < 4.78 is 0. The van der Waals surface area contributed by atoms with Crippen molar-refractivity contribution in [3.05, 3.63) is 90.5 Å². The lowest BCUT2D eigenvalue weighted by atomic mass is 10.0. The summed E-state index contributed by atoms with van der Waals surface area (Å²) >= 11 is 1.55. The first-order valence-corrected chi connectivity index (χ1v) is 11.7. The molecule has 0 atom stereocenters. The van der Waals surface area contributed by atoms with Crippen molar-refractivity contribution in [1.82, 2.24) is 10.2 Å². The predicted molar refractivity (Wildman–Crippen MR) is 129 cm³/mol. The van der Waals surface area contributed by atoms with Gasteiger partial charge in [0.1, 0.15) is 0 Å². The van der Waals surface area contributed by atoms with Crippen molar-refractivity contribution in [1.29, 1.82) is 0 Å². The summed E-state index contributed by atoms with van der Waals surface area (Å²) in [6.45, 7) is 2.72. The molecule has 6 heteroatoms. The van der Waals surface area contributed by atoms with Crippen molar-refractivity contribution in [3.8, 4) is 0 Å². The van der Waals surface area contributed by atoms with E-state index in [1.807, 2.05) is 60.7 Å². The zero-order valence-corrected chi connectivity index (χ0v) is 18.7. The minimum atomic E-state index is -0.627. The number of anilines is 1. The van der Waals surface area contributed by atoms with Crippen LogP contribution in [0.2, 0.25) is 0 Å². The average Bonchev–Trinajstić information content (AvgIpc) is 2.83. The molecule has 1 saturated heterocycles. The topological polar surface area (TPSA) is 61.4 Å². The third-order valence-corrected chi connectivity index (χ3v) is 6.57. The lowest BCUT2D eigenvalue weighted by Crippen LogP contribution is -2.47. The van der Waals surface area contributed by atoms with E-state index in [1.165, 1.54) is 5.56 Å². The highest BCUT2D eigenvalue weighted by molar-refractivity contribution is 7.99. The molecule has 4 rings (SSSR count). The van der Waals surface area contributed by atoms with Crippen LogP contribution in [0, 0.1) is 0 Å². The number of carbonyl (C=O) groups excluding carboxylic acids is 2. The molecule has 0 radical (unpaired) electrons. The molecule has 0 spiro atoms. The summed E-state index contributed by atoms with van der Waals surface area (Å²) in [5.74, 6) is -1.20. The highest BCUT2D eigenvalue weighted by atomic mass is 32.2. The monoisotopic (exact) mass is 445 g/mol. The van der Waals surface area contributed by atoms with Crippen molar-refractivity contribution in [2.75, 3.05) is 18.4 Å². The number of hydrogen-bond acceptors (Lipinski definition) is 4. The van der Waals surface area contributed by atoms with Crippen LogP contribution in [0.3, 0.4) is 0 Å². The van der Waals surface area contributed by atoms with Gasteiger partial charge < -0.3 is 10.6 Å². The number of benzene rings is 3. The van der Waals surface area contributed by atoms with Crippen LogP contribution in [0.5, 0.6) is 0 Å². The second-order valence-electron chi connectivity index (χ2n) is 7.87. The Morgan fingerprint density at radius 2 is 1.44 bits per heavy atom. The van der Waals surface area contributed by atoms with E-state index in [9.17, 15) is 9.59 Å². The highest BCUT2D eigenvalue weighted by Gasteiger charge is 2.24. The van der Waals surface area contributed by atoms with Gasteiger partial charge in [-0.05, 0) is 42.7 Å². The molecule has 1 heterocycles.